The average molecular weight is 269 g/mol. The topological polar surface area (TPSA) is 24.9 Å². The number of hydrogen-bond acceptors (Lipinski definition) is 2. The molecule has 0 radical (unpaired) electrons. The molecule has 0 aromatic carbocycles. The van der Waals surface area contributed by atoms with E-state index in [1.807, 2.05) is 24.4 Å². The van der Waals surface area contributed by atoms with Crippen molar-refractivity contribution in [2.45, 2.75) is 31.7 Å². The molecule has 82 valence electrons. The molecule has 1 aliphatic rings. The summed E-state index contributed by atoms with van der Waals surface area (Å²) in [5.74, 6) is 1.81. The van der Waals surface area contributed by atoms with E-state index in [9.17, 15) is 0 Å². The molecule has 0 amide bonds. The van der Waals surface area contributed by atoms with Gasteiger partial charge >= 0.3 is 0 Å². The van der Waals surface area contributed by atoms with Gasteiger partial charge in [0.2, 0.25) is 0 Å². The van der Waals surface area contributed by atoms with Crippen molar-refractivity contribution in [1.29, 1.82) is 0 Å². The number of alkyl halides is 1. The number of aromatic nitrogens is 1. The highest BCUT2D eigenvalue weighted by Gasteiger charge is 2.24. The zero-order valence-electron chi connectivity index (χ0n) is 8.82. The van der Waals surface area contributed by atoms with Crippen molar-refractivity contribution in [3.05, 3.63) is 24.4 Å². The second-order valence-corrected chi connectivity index (χ2v) is 4.81. The van der Waals surface area contributed by atoms with Crippen LogP contribution in [0.4, 0.5) is 5.82 Å². The molecule has 0 saturated heterocycles. The van der Waals surface area contributed by atoms with Crippen molar-refractivity contribution < 1.29 is 0 Å². The van der Waals surface area contributed by atoms with Gasteiger partial charge in [0.1, 0.15) is 5.82 Å². The maximum Gasteiger partial charge on any atom is 0.126 e. The summed E-state index contributed by atoms with van der Waals surface area (Å²) in [6.45, 7) is 0. The largest absolute Gasteiger partial charge is 0.366 e. The van der Waals surface area contributed by atoms with E-state index >= 15 is 0 Å². The maximum atomic E-state index is 4.31. The van der Waals surface area contributed by atoms with Crippen LogP contribution in [0, 0.1) is 5.92 Å². The van der Waals surface area contributed by atoms with Crippen LogP contribution in [-0.2, 0) is 0 Å². The van der Waals surface area contributed by atoms with Gasteiger partial charge in [0.05, 0.1) is 0 Å². The van der Waals surface area contributed by atoms with Gasteiger partial charge in [-0.3, -0.25) is 0 Å². The Kier molecular flexibility index (Phi) is 4.01. The first-order valence-electron chi connectivity index (χ1n) is 5.63. The Morgan fingerprint density at radius 2 is 2.20 bits per heavy atom. The molecule has 0 aliphatic heterocycles. The summed E-state index contributed by atoms with van der Waals surface area (Å²) in [6.07, 6.45) is 7.32. The van der Waals surface area contributed by atoms with Crippen LogP contribution in [0.5, 0.6) is 0 Å². The van der Waals surface area contributed by atoms with Gasteiger partial charge in [-0.25, -0.2) is 4.98 Å². The van der Waals surface area contributed by atoms with E-state index in [2.05, 4.69) is 26.2 Å². The first kappa shape index (κ1) is 10.9. The summed E-state index contributed by atoms with van der Waals surface area (Å²) in [5, 5.41) is 4.52. The minimum Gasteiger partial charge on any atom is -0.366 e. The second kappa shape index (κ2) is 5.50. The lowest BCUT2D eigenvalue weighted by atomic mass is 10.00. The van der Waals surface area contributed by atoms with E-state index in [-0.39, 0.29) is 0 Å². The van der Waals surface area contributed by atoms with Crippen LogP contribution in [-0.4, -0.2) is 16.4 Å². The van der Waals surface area contributed by atoms with E-state index < -0.39 is 0 Å². The number of halogens is 1. The van der Waals surface area contributed by atoms with Gasteiger partial charge in [0, 0.05) is 17.6 Å². The fraction of sp³-hybridized carbons (Fsp3) is 0.583. The highest BCUT2D eigenvalue weighted by Crippen LogP contribution is 2.29. The smallest absolute Gasteiger partial charge is 0.126 e. The van der Waals surface area contributed by atoms with Crippen molar-refractivity contribution in [1.82, 2.24) is 4.98 Å². The SMILES string of the molecule is BrCC(Nc1ccccn1)C1CCCC1. The number of pyridine rings is 1. The lowest BCUT2D eigenvalue weighted by Crippen LogP contribution is -2.29. The molecule has 1 heterocycles. The highest BCUT2D eigenvalue weighted by molar-refractivity contribution is 9.09. The first-order chi connectivity index (χ1) is 7.40. The Morgan fingerprint density at radius 1 is 1.40 bits per heavy atom. The third-order valence-electron chi connectivity index (χ3n) is 3.13. The van der Waals surface area contributed by atoms with Gasteiger partial charge in [0.25, 0.3) is 0 Å². The summed E-state index contributed by atoms with van der Waals surface area (Å²) in [4.78, 5) is 4.31. The monoisotopic (exact) mass is 268 g/mol. The van der Waals surface area contributed by atoms with Crippen LogP contribution in [0.25, 0.3) is 0 Å². The van der Waals surface area contributed by atoms with Crippen molar-refractivity contribution in [3.8, 4) is 0 Å². The van der Waals surface area contributed by atoms with Gasteiger partial charge < -0.3 is 5.32 Å². The first-order valence-corrected chi connectivity index (χ1v) is 6.76. The second-order valence-electron chi connectivity index (χ2n) is 4.16. The number of nitrogens with zero attached hydrogens (tertiary/aromatic N) is 1. The Bertz CT molecular complexity index is 283. The summed E-state index contributed by atoms with van der Waals surface area (Å²) in [7, 11) is 0. The number of nitrogens with one attached hydrogen (secondary N) is 1. The van der Waals surface area contributed by atoms with Crippen LogP contribution in [0.15, 0.2) is 24.4 Å². The Balaban J connectivity index is 1.96. The molecule has 1 aliphatic carbocycles. The van der Waals surface area contributed by atoms with Gasteiger partial charge in [-0.05, 0) is 30.9 Å². The van der Waals surface area contributed by atoms with Crippen molar-refractivity contribution in [2.75, 3.05) is 10.6 Å². The van der Waals surface area contributed by atoms with E-state index in [0.717, 1.165) is 17.1 Å². The molecule has 1 unspecified atom stereocenters. The minimum absolute atomic E-state index is 0.530. The van der Waals surface area contributed by atoms with Crippen LogP contribution in [0.1, 0.15) is 25.7 Å². The molecule has 1 aromatic heterocycles. The molecule has 1 saturated carbocycles. The fourth-order valence-corrected chi connectivity index (χ4v) is 2.97. The summed E-state index contributed by atoms with van der Waals surface area (Å²) < 4.78 is 0. The molecule has 15 heavy (non-hydrogen) atoms. The van der Waals surface area contributed by atoms with E-state index in [1.54, 1.807) is 0 Å². The van der Waals surface area contributed by atoms with Gasteiger partial charge in [-0.2, -0.15) is 0 Å². The molecule has 3 heteroatoms. The lowest BCUT2D eigenvalue weighted by molar-refractivity contribution is 0.488. The Labute approximate surface area is 99.6 Å². The molecular weight excluding hydrogens is 252 g/mol. The van der Waals surface area contributed by atoms with Gasteiger partial charge in [0.15, 0.2) is 0 Å². The standard InChI is InChI=1S/C12H17BrN2/c13-9-11(10-5-1-2-6-10)15-12-7-3-4-8-14-12/h3-4,7-8,10-11H,1-2,5-6,9H2,(H,14,15). The quantitative estimate of drug-likeness (QED) is 0.847. The Morgan fingerprint density at radius 3 is 2.80 bits per heavy atom. The molecule has 1 aromatic rings. The molecule has 1 N–H and O–H groups in total. The van der Waals surface area contributed by atoms with Crippen molar-refractivity contribution >= 4 is 21.7 Å². The maximum absolute atomic E-state index is 4.31. The third kappa shape index (κ3) is 2.94. The van der Waals surface area contributed by atoms with Crippen molar-refractivity contribution in [2.24, 2.45) is 5.92 Å². The highest BCUT2D eigenvalue weighted by atomic mass is 79.9. The van der Waals surface area contributed by atoms with Gasteiger partial charge in [-0.1, -0.05) is 34.8 Å². The molecule has 0 spiro atoms. The normalized spacial score (nSPS) is 19.0. The van der Waals surface area contributed by atoms with E-state index in [4.69, 9.17) is 0 Å². The van der Waals surface area contributed by atoms with Crippen LogP contribution >= 0.6 is 15.9 Å². The zero-order chi connectivity index (χ0) is 10.5. The van der Waals surface area contributed by atoms with E-state index in [1.165, 1.54) is 25.7 Å². The zero-order valence-corrected chi connectivity index (χ0v) is 10.4. The molecule has 1 fully saturated rings. The lowest BCUT2D eigenvalue weighted by Gasteiger charge is -2.22. The molecule has 1 atom stereocenters. The third-order valence-corrected chi connectivity index (χ3v) is 3.83. The van der Waals surface area contributed by atoms with Gasteiger partial charge in [-0.15, -0.1) is 0 Å². The molecule has 2 nitrogen and oxygen atoms in total. The average Bonchev–Trinajstić information content (AvgIpc) is 2.81. The number of rotatable bonds is 4. The fourth-order valence-electron chi connectivity index (χ4n) is 2.28. The molecule has 2 rings (SSSR count). The van der Waals surface area contributed by atoms with Crippen LogP contribution in [0.3, 0.4) is 0 Å². The summed E-state index contributed by atoms with van der Waals surface area (Å²) in [5.41, 5.74) is 0. The minimum atomic E-state index is 0.530. The Hall–Kier alpha value is -0.570. The predicted molar refractivity (Wildman–Crippen MR) is 67.4 cm³/mol. The van der Waals surface area contributed by atoms with Crippen LogP contribution in [0.2, 0.25) is 0 Å². The molecule has 0 bridgehead atoms. The summed E-state index contributed by atoms with van der Waals surface area (Å²) >= 11 is 3.59. The predicted octanol–water partition coefficient (Wildman–Crippen LogP) is 3.45. The summed E-state index contributed by atoms with van der Waals surface area (Å²) in [6, 6.07) is 6.53. The number of hydrogen-bond donors (Lipinski definition) is 1. The van der Waals surface area contributed by atoms with Crippen molar-refractivity contribution in [3.63, 3.8) is 0 Å². The molecular formula is C12H17BrN2. The number of anilines is 1. The van der Waals surface area contributed by atoms with E-state index in [0.29, 0.717) is 6.04 Å². The van der Waals surface area contributed by atoms with Crippen LogP contribution < -0.4 is 5.32 Å².